The number of benzene rings is 1. The molecule has 0 aromatic heterocycles. The van der Waals surface area contributed by atoms with Gasteiger partial charge in [-0.2, -0.15) is 0 Å². The van der Waals surface area contributed by atoms with Gasteiger partial charge in [0.2, 0.25) is 0 Å². The van der Waals surface area contributed by atoms with Gasteiger partial charge < -0.3 is 10.1 Å². The summed E-state index contributed by atoms with van der Waals surface area (Å²) in [5, 5.41) is 3.57. The number of anilines is 1. The Labute approximate surface area is 88.0 Å². The van der Waals surface area contributed by atoms with Crippen LogP contribution in [-0.4, -0.2) is 20.3 Å². The number of hydrogen-bond acceptors (Lipinski definition) is 2. The standard InChI is InChI=1S/C10H13ClFNO/c1-7-5-9(13-4-3-12)10(14-2)6-8(7)11/h5-6,13H,3-4H2,1-2H3. The maximum Gasteiger partial charge on any atom is 0.143 e. The van der Waals surface area contributed by atoms with Crippen LogP contribution in [0.5, 0.6) is 5.75 Å². The molecule has 0 aliphatic heterocycles. The van der Waals surface area contributed by atoms with E-state index in [2.05, 4.69) is 5.32 Å². The van der Waals surface area contributed by atoms with Crippen molar-refractivity contribution in [1.29, 1.82) is 0 Å². The molecule has 0 heterocycles. The average Bonchev–Trinajstić information content (AvgIpc) is 2.19. The molecular weight excluding hydrogens is 205 g/mol. The quantitative estimate of drug-likeness (QED) is 0.837. The van der Waals surface area contributed by atoms with Crippen molar-refractivity contribution < 1.29 is 9.13 Å². The molecule has 4 heteroatoms. The van der Waals surface area contributed by atoms with E-state index in [4.69, 9.17) is 16.3 Å². The predicted molar refractivity (Wildman–Crippen MR) is 57.2 cm³/mol. The normalized spacial score (nSPS) is 10.0. The van der Waals surface area contributed by atoms with Crippen molar-refractivity contribution >= 4 is 17.3 Å². The molecule has 0 saturated carbocycles. The Hall–Kier alpha value is -0.960. The van der Waals surface area contributed by atoms with Gasteiger partial charge in [-0.1, -0.05) is 11.6 Å². The van der Waals surface area contributed by atoms with Crippen molar-refractivity contribution in [2.75, 3.05) is 25.6 Å². The van der Waals surface area contributed by atoms with Crippen LogP contribution in [-0.2, 0) is 0 Å². The summed E-state index contributed by atoms with van der Waals surface area (Å²) in [6, 6.07) is 3.56. The van der Waals surface area contributed by atoms with Crippen molar-refractivity contribution in [3.05, 3.63) is 22.7 Å². The second kappa shape index (κ2) is 5.05. The Kier molecular flexibility index (Phi) is 4.01. The number of alkyl halides is 1. The maximum atomic E-state index is 12.0. The smallest absolute Gasteiger partial charge is 0.143 e. The second-order valence-corrected chi connectivity index (χ2v) is 3.32. The van der Waals surface area contributed by atoms with Crippen LogP contribution in [0.2, 0.25) is 5.02 Å². The zero-order valence-corrected chi connectivity index (χ0v) is 8.99. The van der Waals surface area contributed by atoms with Crippen LogP contribution in [0.4, 0.5) is 10.1 Å². The first-order valence-corrected chi connectivity index (χ1v) is 4.70. The minimum Gasteiger partial charge on any atom is -0.495 e. The Morgan fingerprint density at radius 1 is 1.50 bits per heavy atom. The van der Waals surface area contributed by atoms with Gasteiger partial charge in [0.15, 0.2) is 0 Å². The molecule has 1 N–H and O–H groups in total. The first-order chi connectivity index (χ1) is 6.69. The molecule has 0 fully saturated rings. The number of halogens is 2. The number of nitrogens with one attached hydrogen (secondary N) is 1. The van der Waals surface area contributed by atoms with Gasteiger partial charge in [-0.3, -0.25) is 0 Å². The number of methoxy groups -OCH3 is 1. The molecule has 0 spiro atoms. The summed E-state index contributed by atoms with van der Waals surface area (Å²) in [4.78, 5) is 0. The zero-order chi connectivity index (χ0) is 10.6. The summed E-state index contributed by atoms with van der Waals surface area (Å²) in [5.74, 6) is 0.633. The average molecular weight is 218 g/mol. The van der Waals surface area contributed by atoms with E-state index in [0.29, 0.717) is 10.8 Å². The SMILES string of the molecule is COc1cc(Cl)c(C)cc1NCCF. The van der Waals surface area contributed by atoms with E-state index in [1.165, 1.54) is 0 Å². The highest BCUT2D eigenvalue weighted by Gasteiger charge is 2.05. The van der Waals surface area contributed by atoms with Gasteiger partial charge in [0, 0.05) is 17.6 Å². The molecule has 0 atom stereocenters. The lowest BCUT2D eigenvalue weighted by molar-refractivity contribution is 0.416. The summed E-state index contributed by atoms with van der Waals surface area (Å²) >= 11 is 5.92. The van der Waals surface area contributed by atoms with Crippen molar-refractivity contribution in [2.24, 2.45) is 0 Å². The van der Waals surface area contributed by atoms with Gasteiger partial charge in [-0.25, -0.2) is 4.39 Å². The van der Waals surface area contributed by atoms with E-state index in [0.717, 1.165) is 11.3 Å². The molecule has 78 valence electrons. The second-order valence-electron chi connectivity index (χ2n) is 2.92. The van der Waals surface area contributed by atoms with E-state index >= 15 is 0 Å². The molecule has 1 rings (SSSR count). The third-order valence-electron chi connectivity index (χ3n) is 1.89. The predicted octanol–water partition coefficient (Wildman–Crippen LogP) is 3.04. The van der Waals surface area contributed by atoms with Crippen LogP contribution in [0, 0.1) is 6.92 Å². The van der Waals surface area contributed by atoms with E-state index in [1.807, 2.05) is 13.0 Å². The van der Waals surface area contributed by atoms with Crippen molar-refractivity contribution in [3.8, 4) is 5.75 Å². The first-order valence-electron chi connectivity index (χ1n) is 4.33. The number of hydrogen-bond donors (Lipinski definition) is 1. The fourth-order valence-electron chi connectivity index (χ4n) is 1.15. The van der Waals surface area contributed by atoms with Crippen molar-refractivity contribution in [1.82, 2.24) is 0 Å². The van der Waals surface area contributed by atoms with E-state index in [9.17, 15) is 4.39 Å². The highest BCUT2D eigenvalue weighted by molar-refractivity contribution is 6.31. The van der Waals surface area contributed by atoms with Crippen molar-refractivity contribution in [3.63, 3.8) is 0 Å². The molecule has 1 aromatic rings. The third kappa shape index (κ3) is 2.51. The lowest BCUT2D eigenvalue weighted by Gasteiger charge is -2.11. The molecule has 0 saturated heterocycles. The van der Waals surface area contributed by atoms with Crippen LogP contribution in [0.15, 0.2) is 12.1 Å². The van der Waals surface area contributed by atoms with Crippen LogP contribution in [0.3, 0.4) is 0 Å². The molecular formula is C10H13ClFNO. The summed E-state index contributed by atoms with van der Waals surface area (Å²) in [6.45, 7) is 1.75. The van der Waals surface area contributed by atoms with Crippen LogP contribution < -0.4 is 10.1 Å². The number of rotatable bonds is 4. The molecule has 0 aliphatic rings. The van der Waals surface area contributed by atoms with Gasteiger partial charge in [-0.05, 0) is 18.6 Å². The summed E-state index contributed by atoms with van der Waals surface area (Å²) in [6.07, 6.45) is 0. The fraction of sp³-hybridized carbons (Fsp3) is 0.400. The fourth-order valence-corrected chi connectivity index (χ4v) is 1.31. The van der Waals surface area contributed by atoms with Crippen LogP contribution in [0.1, 0.15) is 5.56 Å². The van der Waals surface area contributed by atoms with Gasteiger partial charge in [0.1, 0.15) is 12.4 Å². The third-order valence-corrected chi connectivity index (χ3v) is 2.30. The Bertz CT molecular complexity index is 317. The van der Waals surface area contributed by atoms with E-state index < -0.39 is 6.67 Å². The largest absolute Gasteiger partial charge is 0.495 e. The highest BCUT2D eigenvalue weighted by Crippen LogP contribution is 2.30. The molecule has 14 heavy (non-hydrogen) atoms. The molecule has 0 aliphatic carbocycles. The number of aryl methyl sites for hydroxylation is 1. The lowest BCUT2D eigenvalue weighted by atomic mass is 10.2. The minimum absolute atomic E-state index is 0.275. The number of ether oxygens (including phenoxy) is 1. The highest BCUT2D eigenvalue weighted by atomic mass is 35.5. The van der Waals surface area contributed by atoms with Crippen LogP contribution >= 0.6 is 11.6 Å². The zero-order valence-electron chi connectivity index (χ0n) is 8.23. The lowest BCUT2D eigenvalue weighted by Crippen LogP contribution is -2.04. The Morgan fingerprint density at radius 3 is 2.79 bits per heavy atom. The van der Waals surface area contributed by atoms with Gasteiger partial charge in [0.05, 0.1) is 12.8 Å². The Balaban J connectivity index is 2.95. The summed E-state index contributed by atoms with van der Waals surface area (Å²) < 4.78 is 17.1. The summed E-state index contributed by atoms with van der Waals surface area (Å²) in [5.41, 5.74) is 1.71. The van der Waals surface area contributed by atoms with Gasteiger partial charge in [0.25, 0.3) is 0 Å². The van der Waals surface area contributed by atoms with E-state index in [1.54, 1.807) is 13.2 Å². The molecule has 0 amide bonds. The first kappa shape index (κ1) is 11.1. The molecule has 2 nitrogen and oxygen atoms in total. The van der Waals surface area contributed by atoms with Gasteiger partial charge >= 0.3 is 0 Å². The molecule has 0 radical (unpaired) electrons. The topological polar surface area (TPSA) is 21.3 Å². The van der Waals surface area contributed by atoms with Gasteiger partial charge in [-0.15, -0.1) is 0 Å². The maximum absolute atomic E-state index is 12.0. The van der Waals surface area contributed by atoms with Crippen LogP contribution in [0.25, 0.3) is 0 Å². The Morgan fingerprint density at radius 2 is 2.21 bits per heavy atom. The molecule has 0 bridgehead atoms. The summed E-state index contributed by atoms with van der Waals surface area (Å²) in [7, 11) is 1.56. The minimum atomic E-state index is -0.412. The molecule has 1 aromatic carbocycles. The van der Waals surface area contributed by atoms with E-state index in [-0.39, 0.29) is 6.54 Å². The molecule has 0 unspecified atom stereocenters. The monoisotopic (exact) mass is 217 g/mol. The van der Waals surface area contributed by atoms with Crippen molar-refractivity contribution in [2.45, 2.75) is 6.92 Å².